The second kappa shape index (κ2) is 8.27. The second-order valence-corrected chi connectivity index (χ2v) is 6.15. The molecule has 0 amide bonds. The third-order valence-corrected chi connectivity index (χ3v) is 4.21. The van der Waals surface area contributed by atoms with Crippen LogP contribution < -0.4 is 5.32 Å². The van der Waals surface area contributed by atoms with E-state index in [9.17, 15) is 0 Å². The molecule has 1 aromatic heterocycles. The fraction of sp³-hybridized carbons (Fsp3) is 0.353. The molecule has 0 saturated heterocycles. The number of likely N-dealkylation sites (N-methyl/N-ethyl adjacent to an activating group) is 1. The molecule has 1 heterocycles. The zero-order chi connectivity index (χ0) is 15.1. The van der Waals surface area contributed by atoms with Crippen LogP contribution in [0.1, 0.15) is 16.7 Å². The van der Waals surface area contributed by atoms with Gasteiger partial charge in [-0.25, -0.2) is 0 Å². The number of nitrogens with zero attached hydrogens (tertiary/aromatic N) is 2. The number of hydrogen-bond acceptors (Lipinski definition) is 3. The molecule has 0 radical (unpaired) electrons. The first-order valence-electron chi connectivity index (χ1n) is 7.18. The van der Waals surface area contributed by atoms with Crippen molar-refractivity contribution < 1.29 is 0 Å². The molecule has 3 nitrogen and oxygen atoms in total. The summed E-state index contributed by atoms with van der Waals surface area (Å²) in [7, 11) is 4.13. The number of benzene rings is 1. The van der Waals surface area contributed by atoms with Gasteiger partial charge in [0.15, 0.2) is 0 Å². The summed E-state index contributed by atoms with van der Waals surface area (Å²) in [6, 6.07) is 10.8. The Bertz CT molecular complexity index is 557. The SMILES string of the molecule is CNCc1ccc(CN(C)CCc2ccncc2)c(Br)c1. The summed E-state index contributed by atoms with van der Waals surface area (Å²) in [6.07, 6.45) is 4.76. The molecule has 0 saturated carbocycles. The first-order chi connectivity index (χ1) is 10.2. The Hall–Kier alpha value is -1.23. The van der Waals surface area contributed by atoms with Gasteiger partial charge in [-0.15, -0.1) is 0 Å². The highest BCUT2D eigenvalue weighted by atomic mass is 79.9. The van der Waals surface area contributed by atoms with Crippen molar-refractivity contribution in [2.45, 2.75) is 19.5 Å². The van der Waals surface area contributed by atoms with E-state index in [1.54, 1.807) is 0 Å². The van der Waals surface area contributed by atoms with Gasteiger partial charge in [0.1, 0.15) is 0 Å². The van der Waals surface area contributed by atoms with Crippen LogP contribution in [-0.4, -0.2) is 30.5 Å². The van der Waals surface area contributed by atoms with Crippen LogP contribution in [0.3, 0.4) is 0 Å². The van der Waals surface area contributed by atoms with E-state index in [4.69, 9.17) is 0 Å². The van der Waals surface area contributed by atoms with Gasteiger partial charge in [-0.2, -0.15) is 0 Å². The molecular formula is C17H22BrN3. The summed E-state index contributed by atoms with van der Waals surface area (Å²) in [4.78, 5) is 6.40. The number of aromatic nitrogens is 1. The van der Waals surface area contributed by atoms with E-state index < -0.39 is 0 Å². The van der Waals surface area contributed by atoms with Crippen molar-refractivity contribution in [3.63, 3.8) is 0 Å². The molecule has 0 aliphatic carbocycles. The monoisotopic (exact) mass is 347 g/mol. The Kier molecular flexibility index (Phi) is 6.36. The summed E-state index contributed by atoms with van der Waals surface area (Å²) in [5, 5.41) is 3.17. The molecule has 21 heavy (non-hydrogen) atoms. The average Bonchev–Trinajstić information content (AvgIpc) is 2.49. The van der Waals surface area contributed by atoms with Crippen LogP contribution in [-0.2, 0) is 19.5 Å². The number of nitrogens with one attached hydrogen (secondary N) is 1. The lowest BCUT2D eigenvalue weighted by Crippen LogP contribution is -2.21. The average molecular weight is 348 g/mol. The summed E-state index contributed by atoms with van der Waals surface area (Å²) in [6.45, 7) is 2.89. The Morgan fingerprint density at radius 2 is 1.90 bits per heavy atom. The van der Waals surface area contributed by atoms with Crippen molar-refractivity contribution in [2.24, 2.45) is 0 Å². The zero-order valence-electron chi connectivity index (χ0n) is 12.6. The van der Waals surface area contributed by atoms with Crippen molar-refractivity contribution in [1.29, 1.82) is 0 Å². The summed E-state index contributed by atoms with van der Waals surface area (Å²) >= 11 is 3.68. The van der Waals surface area contributed by atoms with Gasteiger partial charge in [0, 0.05) is 36.5 Å². The van der Waals surface area contributed by atoms with Crippen LogP contribution in [0.15, 0.2) is 47.2 Å². The van der Waals surface area contributed by atoms with E-state index in [1.807, 2.05) is 19.4 Å². The van der Waals surface area contributed by atoms with E-state index >= 15 is 0 Å². The van der Waals surface area contributed by atoms with E-state index in [-0.39, 0.29) is 0 Å². The number of halogens is 1. The molecule has 0 bridgehead atoms. The van der Waals surface area contributed by atoms with Crippen molar-refractivity contribution in [3.8, 4) is 0 Å². The lowest BCUT2D eigenvalue weighted by Gasteiger charge is -2.18. The Morgan fingerprint density at radius 1 is 1.14 bits per heavy atom. The summed E-state index contributed by atoms with van der Waals surface area (Å²) < 4.78 is 1.19. The van der Waals surface area contributed by atoms with Gasteiger partial charge in [0.25, 0.3) is 0 Å². The van der Waals surface area contributed by atoms with E-state index in [0.29, 0.717) is 0 Å². The molecule has 0 spiro atoms. The molecule has 2 rings (SSSR count). The van der Waals surface area contributed by atoms with Gasteiger partial charge in [-0.05, 0) is 55.4 Å². The molecule has 0 atom stereocenters. The minimum absolute atomic E-state index is 0.900. The maximum Gasteiger partial charge on any atom is 0.0270 e. The number of pyridine rings is 1. The standard InChI is InChI=1S/C17H22BrN3/c1-19-12-15-3-4-16(17(18)11-15)13-21(2)10-7-14-5-8-20-9-6-14/h3-6,8-9,11,19H,7,10,12-13H2,1-2H3. The summed E-state index contributed by atoms with van der Waals surface area (Å²) in [5.41, 5.74) is 3.96. The Balaban J connectivity index is 1.89. The molecule has 112 valence electrons. The van der Waals surface area contributed by atoms with Crippen LogP contribution in [0.2, 0.25) is 0 Å². The Labute approximate surface area is 135 Å². The molecule has 2 aromatic rings. The minimum atomic E-state index is 0.900. The number of rotatable bonds is 7. The highest BCUT2D eigenvalue weighted by molar-refractivity contribution is 9.10. The zero-order valence-corrected chi connectivity index (χ0v) is 14.2. The van der Waals surface area contributed by atoms with E-state index in [0.717, 1.165) is 26.1 Å². The van der Waals surface area contributed by atoms with Crippen LogP contribution in [0.4, 0.5) is 0 Å². The fourth-order valence-corrected chi connectivity index (χ4v) is 2.82. The third kappa shape index (κ3) is 5.23. The first-order valence-corrected chi connectivity index (χ1v) is 7.97. The van der Waals surface area contributed by atoms with Crippen LogP contribution >= 0.6 is 15.9 Å². The van der Waals surface area contributed by atoms with E-state index in [1.165, 1.54) is 21.2 Å². The Morgan fingerprint density at radius 3 is 2.57 bits per heavy atom. The lowest BCUT2D eigenvalue weighted by atomic mass is 10.1. The molecule has 0 unspecified atom stereocenters. The highest BCUT2D eigenvalue weighted by Crippen LogP contribution is 2.20. The quantitative estimate of drug-likeness (QED) is 0.833. The third-order valence-electron chi connectivity index (χ3n) is 3.47. The molecule has 1 N–H and O–H groups in total. The van der Waals surface area contributed by atoms with Crippen molar-refractivity contribution >= 4 is 15.9 Å². The highest BCUT2D eigenvalue weighted by Gasteiger charge is 2.05. The fourth-order valence-electron chi connectivity index (χ4n) is 2.27. The van der Waals surface area contributed by atoms with Crippen LogP contribution in [0, 0.1) is 0 Å². The topological polar surface area (TPSA) is 28.2 Å². The van der Waals surface area contributed by atoms with Gasteiger partial charge in [0.2, 0.25) is 0 Å². The predicted octanol–water partition coefficient (Wildman–Crippen LogP) is 3.24. The van der Waals surface area contributed by atoms with Crippen LogP contribution in [0.5, 0.6) is 0 Å². The molecule has 1 aromatic carbocycles. The molecule has 4 heteroatoms. The maximum absolute atomic E-state index is 4.05. The number of hydrogen-bond donors (Lipinski definition) is 1. The molecule has 0 aliphatic rings. The van der Waals surface area contributed by atoms with Crippen molar-refractivity contribution in [3.05, 3.63) is 63.9 Å². The minimum Gasteiger partial charge on any atom is -0.316 e. The van der Waals surface area contributed by atoms with Crippen LogP contribution in [0.25, 0.3) is 0 Å². The lowest BCUT2D eigenvalue weighted by molar-refractivity contribution is 0.330. The van der Waals surface area contributed by atoms with Crippen molar-refractivity contribution in [1.82, 2.24) is 15.2 Å². The van der Waals surface area contributed by atoms with E-state index in [2.05, 4.69) is 68.5 Å². The predicted molar refractivity (Wildman–Crippen MR) is 91.2 cm³/mol. The molecule has 0 fully saturated rings. The van der Waals surface area contributed by atoms with Crippen molar-refractivity contribution in [2.75, 3.05) is 20.6 Å². The normalized spacial score (nSPS) is 11.0. The second-order valence-electron chi connectivity index (χ2n) is 5.30. The first kappa shape index (κ1) is 16.1. The smallest absolute Gasteiger partial charge is 0.0270 e. The van der Waals surface area contributed by atoms with Gasteiger partial charge in [0.05, 0.1) is 0 Å². The largest absolute Gasteiger partial charge is 0.316 e. The van der Waals surface area contributed by atoms with Gasteiger partial charge < -0.3 is 10.2 Å². The molecular weight excluding hydrogens is 326 g/mol. The van der Waals surface area contributed by atoms with Gasteiger partial charge >= 0.3 is 0 Å². The summed E-state index contributed by atoms with van der Waals surface area (Å²) in [5.74, 6) is 0. The molecule has 0 aliphatic heterocycles. The maximum atomic E-state index is 4.05. The van der Waals surface area contributed by atoms with Gasteiger partial charge in [-0.3, -0.25) is 4.98 Å². The van der Waals surface area contributed by atoms with Gasteiger partial charge in [-0.1, -0.05) is 28.1 Å².